The molecule has 2 nitrogen and oxygen atoms in total. The highest BCUT2D eigenvalue weighted by atomic mass is 79.9. The van der Waals surface area contributed by atoms with Crippen LogP contribution in [0, 0.1) is 0 Å². The lowest BCUT2D eigenvalue weighted by Gasteiger charge is -2.14. The van der Waals surface area contributed by atoms with E-state index in [0.717, 1.165) is 4.47 Å². The van der Waals surface area contributed by atoms with Crippen LogP contribution in [0.15, 0.2) is 22.7 Å². The first-order valence-corrected chi connectivity index (χ1v) is 5.21. The zero-order valence-electron chi connectivity index (χ0n) is 8.62. The minimum absolute atomic E-state index is 0. The Kier molecular flexibility index (Phi) is 6.87. The van der Waals surface area contributed by atoms with Crippen molar-refractivity contribution >= 4 is 28.3 Å². The van der Waals surface area contributed by atoms with Crippen LogP contribution in [0.2, 0.25) is 0 Å². The van der Waals surface area contributed by atoms with Gasteiger partial charge in [0.25, 0.3) is 0 Å². The van der Waals surface area contributed by atoms with Crippen LogP contribution in [0.25, 0.3) is 0 Å². The number of hydrogen-bond acceptors (Lipinski definition) is 2. The second-order valence-electron chi connectivity index (χ2n) is 3.12. The van der Waals surface area contributed by atoms with Crippen LogP contribution in [0.5, 0.6) is 5.75 Å². The molecule has 1 aromatic carbocycles. The Labute approximate surface area is 108 Å². The molecule has 1 atom stereocenters. The van der Waals surface area contributed by atoms with E-state index in [1.54, 1.807) is 18.2 Å². The van der Waals surface area contributed by atoms with Crippen molar-refractivity contribution in [1.29, 1.82) is 0 Å². The minimum atomic E-state index is -2.40. The summed E-state index contributed by atoms with van der Waals surface area (Å²) in [6.45, 7) is 0. The van der Waals surface area contributed by atoms with E-state index in [2.05, 4.69) is 15.9 Å². The summed E-state index contributed by atoms with van der Waals surface area (Å²) in [5.74, 6) is 0.609. The zero-order chi connectivity index (χ0) is 11.4. The number of benzene rings is 1. The summed E-state index contributed by atoms with van der Waals surface area (Å²) in [6, 6.07) is 4.45. The maximum Gasteiger partial charge on any atom is 0.240 e. The number of ether oxygens (including phenoxy) is 1. The average Bonchev–Trinajstić information content (AvgIpc) is 2.17. The molecule has 0 saturated heterocycles. The highest BCUT2D eigenvalue weighted by Gasteiger charge is 2.15. The third-order valence-electron chi connectivity index (χ3n) is 2.03. The molecule has 0 amide bonds. The van der Waals surface area contributed by atoms with Crippen LogP contribution in [-0.2, 0) is 0 Å². The van der Waals surface area contributed by atoms with E-state index in [1.165, 1.54) is 7.11 Å². The summed E-state index contributed by atoms with van der Waals surface area (Å²) >= 11 is 3.27. The second kappa shape index (κ2) is 7.04. The molecule has 0 aromatic heterocycles. The van der Waals surface area contributed by atoms with Crippen molar-refractivity contribution in [3.8, 4) is 5.75 Å². The molecule has 0 heterocycles. The molecular formula is C10H13BrClF2NO. The number of alkyl halides is 2. The first-order chi connectivity index (χ1) is 7.04. The summed E-state index contributed by atoms with van der Waals surface area (Å²) in [6.07, 6.45) is -2.76. The second-order valence-corrected chi connectivity index (χ2v) is 3.98. The first-order valence-electron chi connectivity index (χ1n) is 4.41. The average molecular weight is 317 g/mol. The highest BCUT2D eigenvalue weighted by molar-refractivity contribution is 9.10. The van der Waals surface area contributed by atoms with Crippen LogP contribution >= 0.6 is 28.3 Å². The number of methoxy groups -OCH3 is 1. The van der Waals surface area contributed by atoms with Crippen molar-refractivity contribution in [3.05, 3.63) is 28.2 Å². The van der Waals surface area contributed by atoms with Gasteiger partial charge in [0.15, 0.2) is 0 Å². The fourth-order valence-electron chi connectivity index (χ4n) is 1.25. The third-order valence-corrected chi connectivity index (χ3v) is 2.76. The summed E-state index contributed by atoms with van der Waals surface area (Å²) < 4.78 is 30.0. The lowest BCUT2D eigenvalue weighted by Crippen LogP contribution is -2.14. The van der Waals surface area contributed by atoms with Crippen LogP contribution < -0.4 is 10.5 Å². The van der Waals surface area contributed by atoms with Crippen molar-refractivity contribution in [2.45, 2.75) is 18.9 Å². The van der Waals surface area contributed by atoms with Gasteiger partial charge in [0, 0.05) is 16.9 Å². The number of nitrogens with two attached hydrogens (primary N) is 1. The SMILES string of the molecule is COc1ccc(Br)c([C@H](N)CC(F)F)c1.Cl. The largest absolute Gasteiger partial charge is 0.497 e. The number of rotatable bonds is 4. The maximum absolute atomic E-state index is 12.2. The molecular weight excluding hydrogens is 303 g/mol. The molecule has 0 spiro atoms. The maximum atomic E-state index is 12.2. The quantitative estimate of drug-likeness (QED) is 0.922. The standard InChI is InChI=1S/C10H12BrF2NO.ClH/c1-15-6-2-3-8(11)7(4-6)9(14)5-10(12)13;/h2-4,9-10H,5,14H2,1H3;1H/t9-;/m1./s1. The van der Waals surface area contributed by atoms with Gasteiger partial charge in [-0.25, -0.2) is 8.78 Å². The van der Waals surface area contributed by atoms with Gasteiger partial charge in [-0.2, -0.15) is 0 Å². The molecule has 6 heteroatoms. The molecule has 0 aliphatic heterocycles. The first kappa shape index (κ1) is 15.6. The topological polar surface area (TPSA) is 35.2 Å². The van der Waals surface area contributed by atoms with Crippen LogP contribution in [-0.4, -0.2) is 13.5 Å². The lowest BCUT2D eigenvalue weighted by atomic mass is 10.0. The van der Waals surface area contributed by atoms with E-state index < -0.39 is 12.5 Å². The van der Waals surface area contributed by atoms with E-state index in [-0.39, 0.29) is 18.8 Å². The van der Waals surface area contributed by atoms with E-state index in [4.69, 9.17) is 10.5 Å². The zero-order valence-corrected chi connectivity index (χ0v) is 11.0. The van der Waals surface area contributed by atoms with Crippen molar-refractivity contribution in [3.63, 3.8) is 0 Å². The predicted molar refractivity (Wildman–Crippen MR) is 65.5 cm³/mol. The Hall–Kier alpha value is -0.390. The van der Waals surface area contributed by atoms with Crippen LogP contribution in [0.3, 0.4) is 0 Å². The molecule has 2 N–H and O–H groups in total. The molecule has 16 heavy (non-hydrogen) atoms. The van der Waals surface area contributed by atoms with Crippen LogP contribution in [0.4, 0.5) is 8.78 Å². The van der Waals surface area contributed by atoms with E-state index in [9.17, 15) is 8.78 Å². The molecule has 0 unspecified atom stereocenters. The monoisotopic (exact) mass is 315 g/mol. The normalized spacial score (nSPS) is 12.1. The highest BCUT2D eigenvalue weighted by Crippen LogP contribution is 2.29. The molecule has 0 fully saturated rings. The third kappa shape index (κ3) is 4.23. The fraction of sp³-hybridized carbons (Fsp3) is 0.400. The van der Waals surface area contributed by atoms with Crippen molar-refractivity contribution < 1.29 is 13.5 Å². The Bertz CT molecular complexity index is 339. The van der Waals surface area contributed by atoms with Crippen molar-refractivity contribution in [2.24, 2.45) is 5.73 Å². The van der Waals surface area contributed by atoms with Gasteiger partial charge in [-0.15, -0.1) is 12.4 Å². The van der Waals surface area contributed by atoms with Gasteiger partial charge >= 0.3 is 0 Å². The van der Waals surface area contributed by atoms with E-state index in [1.807, 2.05) is 0 Å². The Morgan fingerprint density at radius 2 is 2.06 bits per heavy atom. The molecule has 1 rings (SSSR count). The van der Waals surface area contributed by atoms with Gasteiger partial charge in [-0.05, 0) is 23.8 Å². The van der Waals surface area contributed by atoms with Gasteiger partial charge in [-0.1, -0.05) is 15.9 Å². The summed E-state index contributed by atoms with van der Waals surface area (Å²) in [7, 11) is 1.52. The Morgan fingerprint density at radius 3 is 2.56 bits per heavy atom. The smallest absolute Gasteiger partial charge is 0.240 e. The molecule has 0 radical (unpaired) electrons. The lowest BCUT2D eigenvalue weighted by molar-refractivity contribution is 0.128. The molecule has 0 aliphatic rings. The molecule has 92 valence electrons. The number of hydrogen-bond donors (Lipinski definition) is 1. The van der Waals surface area contributed by atoms with Gasteiger partial charge in [-0.3, -0.25) is 0 Å². The van der Waals surface area contributed by atoms with Crippen molar-refractivity contribution in [1.82, 2.24) is 0 Å². The van der Waals surface area contributed by atoms with Crippen molar-refractivity contribution in [2.75, 3.05) is 7.11 Å². The Balaban J connectivity index is 0.00000225. The molecule has 0 saturated carbocycles. The van der Waals surface area contributed by atoms with E-state index in [0.29, 0.717) is 11.3 Å². The fourth-order valence-corrected chi connectivity index (χ4v) is 1.79. The van der Waals surface area contributed by atoms with Gasteiger partial charge in [0.1, 0.15) is 5.75 Å². The van der Waals surface area contributed by atoms with Gasteiger partial charge < -0.3 is 10.5 Å². The Morgan fingerprint density at radius 1 is 1.44 bits per heavy atom. The predicted octanol–water partition coefficient (Wildman–Crippen LogP) is 3.53. The summed E-state index contributed by atoms with van der Waals surface area (Å²) in [4.78, 5) is 0. The van der Waals surface area contributed by atoms with Crippen LogP contribution in [0.1, 0.15) is 18.0 Å². The van der Waals surface area contributed by atoms with Gasteiger partial charge in [0.05, 0.1) is 7.11 Å². The number of halogens is 4. The molecule has 1 aromatic rings. The minimum Gasteiger partial charge on any atom is -0.497 e. The van der Waals surface area contributed by atoms with E-state index >= 15 is 0 Å². The summed E-state index contributed by atoms with van der Waals surface area (Å²) in [5.41, 5.74) is 6.29. The molecule has 0 bridgehead atoms. The van der Waals surface area contributed by atoms with Gasteiger partial charge in [0.2, 0.25) is 6.43 Å². The summed E-state index contributed by atoms with van der Waals surface area (Å²) in [5, 5.41) is 0. The molecule has 0 aliphatic carbocycles.